The molecule has 1 atom stereocenters. The highest BCUT2D eigenvalue weighted by molar-refractivity contribution is 5.34. The summed E-state index contributed by atoms with van der Waals surface area (Å²) in [5.41, 5.74) is 0.0297. The van der Waals surface area contributed by atoms with Crippen LogP contribution in [0.5, 0.6) is 5.75 Å². The van der Waals surface area contributed by atoms with Gasteiger partial charge in [-0.25, -0.2) is 4.39 Å². The van der Waals surface area contributed by atoms with Crippen LogP contribution in [0.3, 0.4) is 0 Å². The van der Waals surface area contributed by atoms with Crippen LogP contribution in [0, 0.1) is 35.3 Å². The Morgan fingerprint density at radius 3 is 2.29 bits per heavy atom. The molecule has 2 saturated carbocycles. The minimum absolute atomic E-state index is 0.0297. The van der Waals surface area contributed by atoms with Gasteiger partial charge in [-0.15, -0.1) is 0 Å². The summed E-state index contributed by atoms with van der Waals surface area (Å²) >= 11 is 0. The molecule has 0 aliphatic heterocycles. The second-order valence-electron chi connectivity index (χ2n) is 8.44. The molecule has 2 aliphatic rings. The van der Waals surface area contributed by atoms with E-state index in [1.807, 2.05) is 0 Å². The minimum atomic E-state index is -1.03. The van der Waals surface area contributed by atoms with Gasteiger partial charge < -0.3 is 9.84 Å². The third-order valence-corrected chi connectivity index (χ3v) is 6.71. The molecule has 28 heavy (non-hydrogen) atoms. The molecular weight excluding hydrogens is 358 g/mol. The van der Waals surface area contributed by atoms with E-state index in [1.165, 1.54) is 50.7 Å². The van der Waals surface area contributed by atoms with Gasteiger partial charge in [0, 0.05) is 11.5 Å². The van der Waals surface area contributed by atoms with Crippen molar-refractivity contribution in [3.63, 3.8) is 0 Å². The lowest BCUT2D eigenvalue weighted by atomic mass is 9.67. The Morgan fingerprint density at radius 1 is 1.00 bits per heavy atom. The Morgan fingerprint density at radius 2 is 1.68 bits per heavy atom. The number of halogens is 2. The third kappa shape index (κ3) is 4.87. The maximum Gasteiger partial charge on any atom is 0.200 e. The van der Waals surface area contributed by atoms with E-state index in [1.54, 1.807) is 12.8 Å². The predicted molar refractivity (Wildman–Crippen MR) is 108 cm³/mol. The Bertz CT molecular complexity index is 617. The summed E-state index contributed by atoms with van der Waals surface area (Å²) in [4.78, 5) is 0. The van der Waals surface area contributed by atoms with E-state index in [0.29, 0.717) is 5.92 Å². The molecular formula is C24H34F2O2. The van der Waals surface area contributed by atoms with Crippen LogP contribution in [0.1, 0.15) is 89.7 Å². The highest BCUT2D eigenvalue weighted by Gasteiger charge is 2.35. The van der Waals surface area contributed by atoms with Crippen LogP contribution >= 0.6 is 0 Å². The second kappa shape index (κ2) is 10.0. The molecule has 2 aliphatic carbocycles. The summed E-state index contributed by atoms with van der Waals surface area (Å²) in [5, 5.41) is 10.7. The summed E-state index contributed by atoms with van der Waals surface area (Å²) in [5.74, 6) is 2.08. The maximum atomic E-state index is 14.4. The average Bonchev–Trinajstić information content (AvgIpc) is 2.72. The van der Waals surface area contributed by atoms with E-state index in [9.17, 15) is 13.9 Å². The maximum absolute atomic E-state index is 14.4. The van der Waals surface area contributed by atoms with Crippen LogP contribution in [-0.4, -0.2) is 11.7 Å². The lowest BCUT2D eigenvalue weighted by molar-refractivity contribution is 0.154. The lowest BCUT2D eigenvalue weighted by Gasteiger charge is -2.38. The van der Waals surface area contributed by atoms with Crippen molar-refractivity contribution in [1.82, 2.24) is 0 Å². The largest absolute Gasteiger partial charge is 0.491 e. The molecule has 2 nitrogen and oxygen atoms in total. The van der Waals surface area contributed by atoms with Crippen molar-refractivity contribution in [3.05, 3.63) is 41.2 Å². The van der Waals surface area contributed by atoms with E-state index in [4.69, 9.17) is 4.74 Å². The van der Waals surface area contributed by atoms with E-state index in [2.05, 4.69) is 6.92 Å². The highest BCUT2D eigenvalue weighted by atomic mass is 19.2. The Labute approximate surface area is 168 Å². The SMILES string of the molecule is CCCC1CC[C](C2CC[C](C(O)c3ccc(OCC)c(F)c3F)CC2)CC1. The minimum Gasteiger partial charge on any atom is -0.491 e. The van der Waals surface area contributed by atoms with Crippen molar-refractivity contribution in [3.8, 4) is 5.75 Å². The average molecular weight is 393 g/mol. The smallest absolute Gasteiger partial charge is 0.200 e. The van der Waals surface area contributed by atoms with Gasteiger partial charge in [-0.1, -0.05) is 19.8 Å². The first-order chi connectivity index (χ1) is 13.5. The van der Waals surface area contributed by atoms with E-state index < -0.39 is 17.7 Å². The predicted octanol–water partition coefficient (Wildman–Crippen LogP) is 6.73. The van der Waals surface area contributed by atoms with Crippen molar-refractivity contribution in [2.45, 2.75) is 84.2 Å². The molecule has 0 saturated heterocycles. The van der Waals surface area contributed by atoms with Crippen molar-refractivity contribution in [2.24, 2.45) is 11.8 Å². The lowest BCUT2D eigenvalue weighted by Crippen LogP contribution is -2.26. The number of rotatable bonds is 7. The van der Waals surface area contributed by atoms with Gasteiger partial charge in [0.1, 0.15) is 0 Å². The number of aliphatic hydroxyl groups is 1. The zero-order chi connectivity index (χ0) is 20.1. The topological polar surface area (TPSA) is 29.5 Å². The van der Waals surface area contributed by atoms with Crippen LogP contribution in [0.4, 0.5) is 8.78 Å². The fourth-order valence-electron chi connectivity index (χ4n) is 5.07. The molecule has 1 aromatic rings. The normalized spacial score (nSPS) is 21.8. The zero-order valence-electron chi connectivity index (χ0n) is 17.3. The number of hydrogen-bond acceptors (Lipinski definition) is 2. The molecule has 3 rings (SSSR count). The van der Waals surface area contributed by atoms with E-state index in [0.717, 1.165) is 37.5 Å². The van der Waals surface area contributed by atoms with Crippen molar-refractivity contribution in [1.29, 1.82) is 0 Å². The quantitative estimate of drug-likeness (QED) is 0.558. The number of ether oxygens (including phenoxy) is 1. The molecule has 4 heteroatoms. The highest BCUT2D eigenvalue weighted by Crippen LogP contribution is 2.47. The molecule has 0 amide bonds. The van der Waals surface area contributed by atoms with Gasteiger partial charge in [0.15, 0.2) is 11.6 Å². The molecule has 0 bridgehead atoms. The summed E-state index contributed by atoms with van der Waals surface area (Å²) < 4.78 is 33.7. The molecule has 2 radical (unpaired) electrons. The number of hydrogen-bond donors (Lipinski definition) is 1. The van der Waals surface area contributed by atoms with Crippen LogP contribution < -0.4 is 4.74 Å². The first kappa shape index (κ1) is 21.5. The van der Waals surface area contributed by atoms with E-state index in [-0.39, 0.29) is 17.9 Å². The van der Waals surface area contributed by atoms with E-state index >= 15 is 0 Å². The van der Waals surface area contributed by atoms with Crippen LogP contribution in [0.25, 0.3) is 0 Å². The summed E-state index contributed by atoms with van der Waals surface area (Å²) in [6.45, 7) is 4.26. The van der Waals surface area contributed by atoms with Gasteiger partial charge in [-0.2, -0.15) is 4.39 Å². The van der Waals surface area contributed by atoms with Crippen molar-refractivity contribution in [2.75, 3.05) is 6.61 Å². The summed E-state index contributed by atoms with van der Waals surface area (Å²) in [7, 11) is 0. The molecule has 2 fully saturated rings. The molecule has 1 aromatic carbocycles. The van der Waals surface area contributed by atoms with Gasteiger partial charge >= 0.3 is 0 Å². The van der Waals surface area contributed by atoms with Crippen LogP contribution in [0.15, 0.2) is 12.1 Å². The first-order valence-corrected chi connectivity index (χ1v) is 11.0. The Balaban J connectivity index is 1.54. The van der Waals surface area contributed by atoms with Gasteiger partial charge in [0.05, 0.1) is 12.7 Å². The van der Waals surface area contributed by atoms with Crippen molar-refractivity contribution >= 4 is 0 Å². The summed E-state index contributed by atoms with van der Waals surface area (Å²) in [6.07, 6.45) is 10.4. The first-order valence-electron chi connectivity index (χ1n) is 11.0. The van der Waals surface area contributed by atoms with Crippen molar-refractivity contribution < 1.29 is 18.6 Å². The van der Waals surface area contributed by atoms with Gasteiger partial charge in [0.2, 0.25) is 5.82 Å². The van der Waals surface area contributed by atoms with Crippen LogP contribution in [0.2, 0.25) is 0 Å². The molecule has 1 unspecified atom stereocenters. The zero-order valence-corrected chi connectivity index (χ0v) is 17.3. The Hall–Kier alpha value is -1.16. The Kier molecular flexibility index (Phi) is 7.73. The molecule has 156 valence electrons. The molecule has 0 aromatic heterocycles. The van der Waals surface area contributed by atoms with Gasteiger partial charge in [-0.05, 0) is 88.2 Å². The third-order valence-electron chi connectivity index (χ3n) is 6.71. The number of aliphatic hydroxyl groups excluding tert-OH is 1. The standard InChI is InChI=1S/C24H34F2O2/c1-3-5-16-6-8-17(9-7-16)18-10-12-19(13-11-18)24(27)20-14-15-21(28-4-2)23(26)22(20)25/h14-16,18,24,27H,3-13H2,1-2H3. The fourth-order valence-corrected chi connectivity index (χ4v) is 5.07. The van der Waals surface area contributed by atoms with Gasteiger partial charge in [-0.3, -0.25) is 0 Å². The molecule has 0 heterocycles. The summed E-state index contributed by atoms with van der Waals surface area (Å²) in [6, 6.07) is 2.87. The fraction of sp³-hybridized carbons (Fsp3) is 0.667. The monoisotopic (exact) mass is 392 g/mol. The molecule has 1 N–H and O–H groups in total. The molecule has 0 spiro atoms. The second-order valence-corrected chi connectivity index (χ2v) is 8.44. The van der Waals surface area contributed by atoms with Crippen LogP contribution in [-0.2, 0) is 0 Å². The number of benzene rings is 1. The van der Waals surface area contributed by atoms with Gasteiger partial charge in [0.25, 0.3) is 0 Å².